The second-order valence-electron chi connectivity index (χ2n) is 4.30. The quantitative estimate of drug-likeness (QED) is 0.789. The largest absolute Gasteiger partial charge is 0.354 e. The minimum atomic E-state index is -0.468. The molecule has 2 rings (SSSR count). The number of hydrogen-bond acceptors (Lipinski definition) is 3. The van der Waals surface area contributed by atoms with E-state index in [-0.39, 0.29) is 11.9 Å². The van der Waals surface area contributed by atoms with Gasteiger partial charge in [-0.05, 0) is 25.0 Å². The first kappa shape index (κ1) is 11.8. The highest BCUT2D eigenvalue weighted by molar-refractivity contribution is 5.73. The molecule has 1 N–H and O–H groups in total. The molecule has 1 unspecified atom stereocenters. The summed E-state index contributed by atoms with van der Waals surface area (Å²) < 4.78 is 13.0. The SMILES string of the molecule is CC(=O)NC1CCCN(c2cccc(F)n2)C1. The highest BCUT2D eigenvalue weighted by Crippen LogP contribution is 2.17. The normalized spacial score (nSPS) is 20.1. The third-order valence-corrected chi connectivity index (χ3v) is 2.85. The summed E-state index contributed by atoms with van der Waals surface area (Å²) in [6.45, 7) is 3.06. The highest BCUT2D eigenvalue weighted by Gasteiger charge is 2.21. The summed E-state index contributed by atoms with van der Waals surface area (Å²) in [6, 6.07) is 4.91. The molecule has 4 nitrogen and oxygen atoms in total. The first-order valence-corrected chi connectivity index (χ1v) is 5.80. The number of hydrogen-bond donors (Lipinski definition) is 1. The third-order valence-electron chi connectivity index (χ3n) is 2.85. The fourth-order valence-corrected chi connectivity index (χ4v) is 2.16. The van der Waals surface area contributed by atoms with Crippen molar-refractivity contribution < 1.29 is 9.18 Å². The molecule has 1 aliphatic rings. The zero-order valence-corrected chi connectivity index (χ0v) is 9.82. The number of rotatable bonds is 2. The molecule has 1 aliphatic heterocycles. The van der Waals surface area contributed by atoms with Gasteiger partial charge in [0.05, 0.1) is 0 Å². The lowest BCUT2D eigenvalue weighted by atomic mass is 10.1. The van der Waals surface area contributed by atoms with Crippen LogP contribution in [0.1, 0.15) is 19.8 Å². The molecular weight excluding hydrogens is 221 g/mol. The van der Waals surface area contributed by atoms with Crippen molar-refractivity contribution in [1.82, 2.24) is 10.3 Å². The van der Waals surface area contributed by atoms with Crippen LogP contribution in [0.5, 0.6) is 0 Å². The van der Waals surface area contributed by atoms with Crippen molar-refractivity contribution in [3.8, 4) is 0 Å². The molecule has 1 atom stereocenters. The maximum Gasteiger partial charge on any atom is 0.217 e. The van der Waals surface area contributed by atoms with E-state index in [2.05, 4.69) is 10.3 Å². The summed E-state index contributed by atoms with van der Waals surface area (Å²) in [5.41, 5.74) is 0. The molecule has 17 heavy (non-hydrogen) atoms. The first-order chi connectivity index (χ1) is 8.15. The molecule has 0 radical (unpaired) electrons. The van der Waals surface area contributed by atoms with E-state index in [0.717, 1.165) is 19.4 Å². The van der Waals surface area contributed by atoms with Crippen LogP contribution in [0.2, 0.25) is 0 Å². The predicted molar refractivity (Wildman–Crippen MR) is 63.2 cm³/mol. The van der Waals surface area contributed by atoms with Gasteiger partial charge in [-0.15, -0.1) is 0 Å². The van der Waals surface area contributed by atoms with Crippen LogP contribution in [-0.2, 0) is 4.79 Å². The molecule has 92 valence electrons. The standard InChI is InChI=1S/C12H16FN3O/c1-9(17)14-10-4-3-7-16(8-10)12-6-2-5-11(13)15-12/h2,5-6,10H,3-4,7-8H2,1H3,(H,14,17). The van der Waals surface area contributed by atoms with E-state index in [1.807, 2.05) is 4.90 Å². The highest BCUT2D eigenvalue weighted by atomic mass is 19.1. The summed E-state index contributed by atoms with van der Waals surface area (Å²) in [6.07, 6.45) is 1.94. The molecule has 0 aromatic carbocycles. The molecule has 0 saturated carbocycles. The Morgan fingerprint density at radius 2 is 2.41 bits per heavy atom. The van der Waals surface area contributed by atoms with E-state index in [4.69, 9.17) is 0 Å². The number of pyridine rings is 1. The maximum atomic E-state index is 13.0. The van der Waals surface area contributed by atoms with Gasteiger partial charge in [0.1, 0.15) is 5.82 Å². The van der Waals surface area contributed by atoms with Crippen molar-refractivity contribution in [3.63, 3.8) is 0 Å². The summed E-state index contributed by atoms with van der Waals surface area (Å²) in [7, 11) is 0. The van der Waals surface area contributed by atoms with Crippen LogP contribution in [0.4, 0.5) is 10.2 Å². The zero-order chi connectivity index (χ0) is 12.3. The molecule has 5 heteroatoms. The van der Waals surface area contributed by atoms with Gasteiger partial charge in [-0.2, -0.15) is 4.39 Å². The van der Waals surface area contributed by atoms with Crippen LogP contribution in [-0.4, -0.2) is 30.0 Å². The van der Waals surface area contributed by atoms with Crippen molar-refractivity contribution in [2.24, 2.45) is 0 Å². The summed E-state index contributed by atoms with van der Waals surface area (Å²) in [4.78, 5) is 16.9. The molecule has 0 aliphatic carbocycles. The van der Waals surface area contributed by atoms with Crippen LogP contribution in [0, 0.1) is 5.95 Å². The van der Waals surface area contributed by atoms with Crippen molar-refractivity contribution in [3.05, 3.63) is 24.1 Å². The van der Waals surface area contributed by atoms with E-state index in [1.165, 1.54) is 13.0 Å². The second kappa shape index (κ2) is 5.12. The molecular formula is C12H16FN3O. The van der Waals surface area contributed by atoms with Crippen LogP contribution in [0.3, 0.4) is 0 Å². The number of nitrogens with zero attached hydrogens (tertiary/aromatic N) is 2. The predicted octanol–water partition coefficient (Wildman–Crippen LogP) is 1.33. The van der Waals surface area contributed by atoms with E-state index < -0.39 is 5.95 Å². The van der Waals surface area contributed by atoms with Gasteiger partial charge in [0, 0.05) is 26.1 Å². The molecule has 1 aromatic heterocycles. The van der Waals surface area contributed by atoms with Crippen molar-refractivity contribution in [2.45, 2.75) is 25.8 Å². The monoisotopic (exact) mass is 237 g/mol. The Bertz CT molecular complexity index is 410. The van der Waals surface area contributed by atoms with Crippen LogP contribution in [0.15, 0.2) is 18.2 Å². The Hall–Kier alpha value is -1.65. The van der Waals surface area contributed by atoms with Crippen LogP contribution in [0.25, 0.3) is 0 Å². The third kappa shape index (κ3) is 3.15. The topological polar surface area (TPSA) is 45.2 Å². The zero-order valence-electron chi connectivity index (χ0n) is 9.82. The number of halogens is 1. The lowest BCUT2D eigenvalue weighted by Crippen LogP contribution is -2.47. The fraction of sp³-hybridized carbons (Fsp3) is 0.500. The lowest BCUT2D eigenvalue weighted by Gasteiger charge is -2.33. The Kier molecular flexibility index (Phi) is 3.56. The van der Waals surface area contributed by atoms with Crippen molar-refractivity contribution in [1.29, 1.82) is 0 Å². The Balaban J connectivity index is 2.04. The average Bonchev–Trinajstić information content (AvgIpc) is 2.28. The Morgan fingerprint density at radius 3 is 3.12 bits per heavy atom. The number of anilines is 1. The Morgan fingerprint density at radius 1 is 1.59 bits per heavy atom. The second-order valence-corrected chi connectivity index (χ2v) is 4.30. The number of carbonyl (C=O) groups excluding carboxylic acids is 1. The van der Waals surface area contributed by atoms with Crippen molar-refractivity contribution in [2.75, 3.05) is 18.0 Å². The molecule has 0 bridgehead atoms. The van der Waals surface area contributed by atoms with E-state index >= 15 is 0 Å². The number of carbonyl (C=O) groups is 1. The minimum absolute atomic E-state index is 0.0240. The van der Waals surface area contributed by atoms with E-state index in [1.54, 1.807) is 12.1 Å². The van der Waals surface area contributed by atoms with Gasteiger partial charge in [-0.1, -0.05) is 6.07 Å². The smallest absolute Gasteiger partial charge is 0.217 e. The Labute approximate surface area is 99.8 Å². The summed E-state index contributed by atoms with van der Waals surface area (Å²) in [5.74, 6) is 0.147. The molecule has 1 aromatic rings. The number of amides is 1. The van der Waals surface area contributed by atoms with Crippen molar-refractivity contribution >= 4 is 11.7 Å². The van der Waals surface area contributed by atoms with Crippen LogP contribution < -0.4 is 10.2 Å². The first-order valence-electron chi connectivity index (χ1n) is 5.80. The summed E-state index contributed by atoms with van der Waals surface area (Å²) in [5, 5.41) is 2.89. The minimum Gasteiger partial charge on any atom is -0.354 e. The van der Waals surface area contributed by atoms with E-state index in [9.17, 15) is 9.18 Å². The van der Waals surface area contributed by atoms with Gasteiger partial charge >= 0.3 is 0 Å². The number of piperidine rings is 1. The van der Waals surface area contributed by atoms with Gasteiger partial charge in [0.2, 0.25) is 11.9 Å². The van der Waals surface area contributed by atoms with Gasteiger partial charge in [0.15, 0.2) is 0 Å². The number of aromatic nitrogens is 1. The number of nitrogens with one attached hydrogen (secondary N) is 1. The van der Waals surface area contributed by atoms with Gasteiger partial charge in [-0.25, -0.2) is 4.98 Å². The van der Waals surface area contributed by atoms with Crippen LogP contribution >= 0.6 is 0 Å². The molecule has 2 heterocycles. The molecule has 1 fully saturated rings. The maximum absolute atomic E-state index is 13.0. The summed E-state index contributed by atoms with van der Waals surface area (Å²) >= 11 is 0. The van der Waals surface area contributed by atoms with Gasteiger partial charge in [0.25, 0.3) is 0 Å². The van der Waals surface area contributed by atoms with E-state index in [0.29, 0.717) is 12.4 Å². The molecule has 0 spiro atoms. The molecule has 1 amide bonds. The fourth-order valence-electron chi connectivity index (χ4n) is 2.16. The van der Waals surface area contributed by atoms with Gasteiger partial charge in [-0.3, -0.25) is 4.79 Å². The van der Waals surface area contributed by atoms with Gasteiger partial charge < -0.3 is 10.2 Å². The lowest BCUT2D eigenvalue weighted by molar-refractivity contribution is -0.119. The average molecular weight is 237 g/mol. The molecule has 1 saturated heterocycles.